The Balaban J connectivity index is 2.69. The molecule has 1 aromatic carbocycles. The largest absolute Gasteiger partial charge is 0.384 e. The number of halogens is 2. The lowest BCUT2D eigenvalue weighted by Gasteiger charge is -2.22. The maximum absolute atomic E-state index is 13.7. The summed E-state index contributed by atoms with van der Waals surface area (Å²) in [5.41, 5.74) is 0.426. The summed E-state index contributed by atoms with van der Waals surface area (Å²) in [6.45, 7) is 5.58. The van der Waals surface area contributed by atoms with E-state index in [4.69, 9.17) is 4.74 Å². The first-order valence-corrected chi connectivity index (χ1v) is 6.73. The predicted molar refractivity (Wildman–Crippen MR) is 73.2 cm³/mol. The first-order chi connectivity index (χ1) is 9.08. The summed E-state index contributed by atoms with van der Waals surface area (Å²) < 4.78 is 32.0. The van der Waals surface area contributed by atoms with Gasteiger partial charge >= 0.3 is 0 Å². The molecule has 2 nitrogen and oxygen atoms in total. The van der Waals surface area contributed by atoms with Crippen LogP contribution in [0.3, 0.4) is 0 Å². The molecule has 1 N–H and O–H groups in total. The van der Waals surface area contributed by atoms with Gasteiger partial charge in [0.05, 0.1) is 0 Å². The Labute approximate surface area is 114 Å². The highest BCUT2D eigenvalue weighted by Crippen LogP contribution is 2.16. The number of methoxy groups -OCH3 is 1. The quantitative estimate of drug-likeness (QED) is 0.784. The molecule has 2 unspecified atom stereocenters. The second kappa shape index (κ2) is 8.23. The number of likely N-dealkylation sites (N-methyl/N-ethyl adjacent to an activating group) is 1. The second-order valence-electron chi connectivity index (χ2n) is 4.97. The lowest BCUT2D eigenvalue weighted by atomic mass is 9.96. The molecule has 108 valence electrons. The van der Waals surface area contributed by atoms with E-state index in [0.717, 1.165) is 19.0 Å². The average molecular weight is 271 g/mol. The summed E-state index contributed by atoms with van der Waals surface area (Å²) in [4.78, 5) is 0. The van der Waals surface area contributed by atoms with E-state index in [1.54, 1.807) is 19.2 Å². The van der Waals surface area contributed by atoms with Crippen molar-refractivity contribution in [3.63, 3.8) is 0 Å². The number of nitrogens with one attached hydrogen (secondary N) is 1. The van der Waals surface area contributed by atoms with Crippen LogP contribution in [-0.2, 0) is 11.2 Å². The minimum atomic E-state index is -0.780. The fourth-order valence-electron chi connectivity index (χ4n) is 2.34. The van der Waals surface area contributed by atoms with Gasteiger partial charge in [-0.1, -0.05) is 26.0 Å². The molecule has 0 aromatic heterocycles. The van der Waals surface area contributed by atoms with E-state index in [2.05, 4.69) is 12.2 Å². The summed E-state index contributed by atoms with van der Waals surface area (Å²) in [5.74, 6) is -1.13. The molecule has 0 amide bonds. The van der Waals surface area contributed by atoms with Gasteiger partial charge in [0, 0.05) is 19.8 Å². The molecule has 0 aliphatic carbocycles. The van der Waals surface area contributed by atoms with Gasteiger partial charge in [-0.2, -0.15) is 0 Å². The van der Waals surface area contributed by atoms with Gasteiger partial charge in [-0.05, 0) is 36.9 Å². The van der Waals surface area contributed by atoms with Crippen molar-refractivity contribution < 1.29 is 13.5 Å². The molecule has 0 aliphatic rings. The van der Waals surface area contributed by atoms with Crippen LogP contribution in [0.25, 0.3) is 0 Å². The molecule has 2 atom stereocenters. The van der Waals surface area contributed by atoms with Crippen LogP contribution >= 0.6 is 0 Å². The van der Waals surface area contributed by atoms with E-state index < -0.39 is 11.6 Å². The zero-order chi connectivity index (χ0) is 14.3. The monoisotopic (exact) mass is 271 g/mol. The Hall–Kier alpha value is -1.00. The third-order valence-electron chi connectivity index (χ3n) is 3.13. The maximum atomic E-state index is 13.7. The van der Waals surface area contributed by atoms with Crippen LogP contribution in [0.15, 0.2) is 18.2 Å². The Morgan fingerprint density at radius 2 is 2.05 bits per heavy atom. The fourth-order valence-corrected chi connectivity index (χ4v) is 2.34. The van der Waals surface area contributed by atoms with Crippen LogP contribution in [0.1, 0.15) is 25.8 Å². The summed E-state index contributed by atoms with van der Waals surface area (Å²) in [5, 5.41) is 3.32. The molecule has 0 heterocycles. The Kier molecular flexibility index (Phi) is 6.95. The summed E-state index contributed by atoms with van der Waals surface area (Å²) >= 11 is 0. The predicted octanol–water partition coefficient (Wildman–Crippen LogP) is 3.16. The molecule has 4 heteroatoms. The van der Waals surface area contributed by atoms with Crippen molar-refractivity contribution in [2.75, 3.05) is 20.3 Å². The van der Waals surface area contributed by atoms with Crippen molar-refractivity contribution >= 4 is 0 Å². The molecule has 0 bridgehead atoms. The van der Waals surface area contributed by atoms with Gasteiger partial charge in [-0.25, -0.2) is 8.78 Å². The minimum absolute atomic E-state index is 0.131. The fraction of sp³-hybridized carbons (Fsp3) is 0.600. The maximum Gasteiger partial charge on any atom is 0.162 e. The minimum Gasteiger partial charge on any atom is -0.384 e. The van der Waals surface area contributed by atoms with Crippen molar-refractivity contribution in [2.45, 2.75) is 32.7 Å². The Morgan fingerprint density at radius 3 is 2.68 bits per heavy atom. The van der Waals surface area contributed by atoms with Gasteiger partial charge < -0.3 is 10.1 Å². The van der Waals surface area contributed by atoms with E-state index in [-0.39, 0.29) is 6.04 Å². The van der Waals surface area contributed by atoms with Gasteiger partial charge in [0.2, 0.25) is 0 Å². The van der Waals surface area contributed by atoms with E-state index in [0.29, 0.717) is 24.5 Å². The Bertz CT molecular complexity index is 384. The molecular formula is C15H23F2NO. The summed E-state index contributed by atoms with van der Waals surface area (Å²) in [7, 11) is 1.67. The van der Waals surface area contributed by atoms with Crippen molar-refractivity contribution in [2.24, 2.45) is 5.92 Å². The van der Waals surface area contributed by atoms with Crippen LogP contribution in [-0.4, -0.2) is 26.3 Å². The van der Waals surface area contributed by atoms with Crippen LogP contribution in [0, 0.1) is 17.6 Å². The van der Waals surface area contributed by atoms with Gasteiger partial charge in [0.25, 0.3) is 0 Å². The first-order valence-electron chi connectivity index (χ1n) is 6.73. The van der Waals surface area contributed by atoms with Crippen molar-refractivity contribution in [1.29, 1.82) is 0 Å². The molecule has 1 aromatic rings. The highest BCUT2D eigenvalue weighted by molar-refractivity contribution is 5.20. The second-order valence-corrected chi connectivity index (χ2v) is 4.97. The van der Waals surface area contributed by atoms with E-state index in [1.807, 2.05) is 6.92 Å². The van der Waals surface area contributed by atoms with Crippen molar-refractivity contribution in [3.05, 3.63) is 35.4 Å². The van der Waals surface area contributed by atoms with E-state index in [9.17, 15) is 8.78 Å². The van der Waals surface area contributed by atoms with Crippen LogP contribution in [0.4, 0.5) is 8.78 Å². The van der Waals surface area contributed by atoms with Crippen LogP contribution < -0.4 is 5.32 Å². The molecular weight excluding hydrogens is 248 g/mol. The average Bonchev–Trinajstić information content (AvgIpc) is 2.35. The van der Waals surface area contributed by atoms with Crippen molar-refractivity contribution in [1.82, 2.24) is 5.32 Å². The molecule has 0 saturated heterocycles. The molecule has 1 rings (SSSR count). The smallest absolute Gasteiger partial charge is 0.162 e. The number of hydrogen-bond donors (Lipinski definition) is 1. The van der Waals surface area contributed by atoms with Gasteiger partial charge in [-0.15, -0.1) is 0 Å². The highest BCUT2D eigenvalue weighted by Gasteiger charge is 2.16. The van der Waals surface area contributed by atoms with E-state index in [1.165, 1.54) is 0 Å². The molecule has 0 saturated carbocycles. The van der Waals surface area contributed by atoms with Gasteiger partial charge in [0.15, 0.2) is 11.6 Å². The third kappa shape index (κ3) is 5.25. The zero-order valence-electron chi connectivity index (χ0n) is 11.9. The SMILES string of the molecule is CCNC(Cc1cccc(F)c1F)CC(C)COC. The normalized spacial score (nSPS) is 14.4. The first kappa shape index (κ1) is 16.1. The number of hydrogen-bond acceptors (Lipinski definition) is 2. The third-order valence-corrected chi connectivity index (χ3v) is 3.13. The zero-order valence-corrected chi connectivity index (χ0v) is 11.9. The molecule has 0 aliphatic heterocycles. The van der Waals surface area contributed by atoms with E-state index >= 15 is 0 Å². The molecule has 0 fully saturated rings. The molecule has 19 heavy (non-hydrogen) atoms. The standard InChI is InChI=1S/C15H23F2NO/c1-4-18-13(8-11(2)10-19-3)9-12-6-5-7-14(16)15(12)17/h5-7,11,13,18H,4,8-10H2,1-3H3. The Morgan fingerprint density at radius 1 is 1.32 bits per heavy atom. The highest BCUT2D eigenvalue weighted by atomic mass is 19.2. The number of ether oxygens (including phenoxy) is 1. The molecule has 0 radical (unpaired) electrons. The summed E-state index contributed by atoms with van der Waals surface area (Å²) in [6, 6.07) is 4.47. The van der Waals surface area contributed by atoms with Gasteiger partial charge in [0.1, 0.15) is 0 Å². The summed E-state index contributed by atoms with van der Waals surface area (Å²) in [6.07, 6.45) is 1.36. The lowest BCUT2D eigenvalue weighted by Crippen LogP contribution is -2.33. The topological polar surface area (TPSA) is 21.3 Å². The molecule has 0 spiro atoms. The van der Waals surface area contributed by atoms with Gasteiger partial charge in [-0.3, -0.25) is 0 Å². The van der Waals surface area contributed by atoms with Crippen LogP contribution in [0.2, 0.25) is 0 Å². The number of rotatable bonds is 8. The lowest BCUT2D eigenvalue weighted by molar-refractivity contribution is 0.149. The van der Waals surface area contributed by atoms with Crippen molar-refractivity contribution in [3.8, 4) is 0 Å². The number of benzene rings is 1. The van der Waals surface area contributed by atoms with Crippen LogP contribution in [0.5, 0.6) is 0 Å².